The van der Waals surface area contributed by atoms with E-state index in [4.69, 9.17) is 4.74 Å². The van der Waals surface area contributed by atoms with Crippen LogP contribution in [0.4, 0.5) is 4.79 Å². The molecule has 3 heterocycles. The SMILES string of the molecule is CCOC(=O)N1CCN(C(=O)c2cn3c(C(=O)NC[C@@H]4CC[C@H]5C[C@H]4C5(C)C)cccc3n2)CC1. The predicted octanol–water partition coefficient (Wildman–Crippen LogP) is 3.05. The van der Waals surface area contributed by atoms with Crippen molar-refractivity contribution in [3.05, 3.63) is 35.8 Å². The van der Waals surface area contributed by atoms with Gasteiger partial charge in [0.25, 0.3) is 11.8 Å². The molecule has 3 atom stereocenters. The van der Waals surface area contributed by atoms with Crippen LogP contribution >= 0.6 is 0 Å². The van der Waals surface area contributed by atoms with Crippen LogP contribution < -0.4 is 5.32 Å². The molecule has 188 valence electrons. The van der Waals surface area contributed by atoms with Crippen LogP contribution in [0.25, 0.3) is 5.65 Å². The van der Waals surface area contributed by atoms with Crippen LogP contribution in [0.1, 0.15) is 61.0 Å². The van der Waals surface area contributed by atoms with E-state index in [1.165, 1.54) is 19.3 Å². The molecule has 35 heavy (non-hydrogen) atoms. The predicted molar refractivity (Wildman–Crippen MR) is 130 cm³/mol. The summed E-state index contributed by atoms with van der Waals surface area (Å²) >= 11 is 0. The van der Waals surface area contributed by atoms with E-state index in [-0.39, 0.29) is 17.9 Å². The van der Waals surface area contributed by atoms with Crippen molar-refractivity contribution in [2.75, 3.05) is 39.3 Å². The molecular weight excluding hydrogens is 446 g/mol. The Balaban J connectivity index is 1.24. The Bertz CT molecular complexity index is 1130. The Morgan fingerprint density at radius 3 is 2.54 bits per heavy atom. The van der Waals surface area contributed by atoms with Gasteiger partial charge in [-0.15, -0.1) is 0 Å². The third-order valence-corrected chi connectivity index (χ3v) is 8.56. The Morgan fingerprint density at radius 2 is 1.86 bits per heavy atom. The highest BCUT2D eigenvalue weighted by Gasteiger charge is 2.53. The maximum absolute atomic E-state index is 13.1. The molecule has 3 amide bonds. The monoisotopic (exact) mass is 481 g/mol. The fraction of sp³-hybridized carbons (Fsp3) is 0.615. The Kier molecular flexibility index (Phi) is 6.19. The molecule has 1 aliphatic heterocycles. The van der Waals surface area contributed by atoms with Gasteiger partial charge in [-0.1, -0.05) is 19.9 Å². The van der Waals surface area contributed by atoms with E-state index in [0.717, 1.165) is 5.92 Å². The second-order valence-electron chi connectivity index (χ2n) is 10.7. The fourth-order valence-electron chi connectivity index (χ4n) is 6.29. The van der Waals surface area contributed by atoms with Gasteiger partial charge in [0, 0.05) is 38.9 Å². The number of nitrogens with one attached hydrogen (secondary N) is 1. The fourth-order valence-corrected chi connectivity index (χ4v) is 6.29. The van der Waals surface area contributed by atoms with E-state index >= 15 is 0 Å². The first-order chi connectivity index (χ1) is 16.8. The lowest BCUT2D eigenvalue weighted by Gasteiger charge is -2.60. The summed E-state index contributed by atoms with van der Waals surface area (Å²) in [7, 11) is 0. The summed E-state index contributed by atoms with van der Waals surface area (Å²) < 4.78 is 6.74. The van der Waals surface area contributed by atoms with Crippen LogP contribution in [-0.2, 0) is 4.74 Å². The molecule has 0 unspecified atom stereocenters. The minimum Gasteiger partial charge on any atom is -0.450 e. The third kappa shape index (κ3) is 4.25. The topological polar surface area (TPSA) is 96.3 Å². The Morgan fingerprint density at radius 1 is 1.11 bits per heavy atom. The second kappa shape index (κ2) is 9.17. The maximum Gasteiger partial charge on any atom is 0.409 e. The smallest absolute Gasteiger partial charge is 0.409 e. The number of aromatic nitrogens is 2. The first-order valence-corrected chi connectivity index (χ1v) is 12.8. The molecule has 9 nitrogen and oxygen atoms in total. The van der Waals surface area contributed by atoms with Crippen LogP contribution in [0.5, 0.6) is 0 Å². The van der Waals surface area contributed by atoms with Crippen LogP contribution in [-0.4, -0.2) is 76.4 Å². The number of ether oxygens (including phenoxy) is 1. The second-order valence-corrected chi connectivity index (χ2v) is 10.7. The number of piperazine rings is 1. The summed E-state index contributed by atoms with van der Waals surface area (Å²) in [6.07, 6.45) is 5.00. The van der Waals surface area contributed by atoms with Gasteiger partial charge in [0.2, 0.25) is 0 Å². The lowest BCUT2D eigenvalue weighted by molar-refractivity contribution is -0.103. The van der Waals surface area contributed by atoms with Crippen molar-refractivity contribution < 1.29 is 19.1 Å². The zero-order valence-corrected chi connectivity index (χ0v) is 20.8. The summed E-state index contributed by atoms with van der Waals surface area (Å²) in [6.45, 7) is 9.18. The normalized spacial score (nSPS) is 25.2. The number of nitrogens with zero attached hydrogens (tertiary/aromatic N) is 4. The number of rotatable bonds is 5. The molecule has 2 aromatic rings. The van der Waals surface area contributed by atoms with Crippen molar-refractivity contribution >= 4 is 23.6 Å². The number of carbonyl (C=O) groups is 3. The number of hydrogen-bond donors (Lipinski definition) is 1. The number of carbonyl (C=O) groups excluding carboxylic acids is 3. The molecular formula is C26H35N5O4. The average Bonchev–Trinajstić information content (AvgIpc) is 3.31. The Labute approximate surface area is 205 Å². The largest absolute Gasteiger partial charge is 0.450 e. The highest BCUT2D eigenvalue weighted by atomic mass is 16.6. The van der Waals surface area contributed by atoms with E-state index in [0.29, 0.717) is 73.6 Å². The van der Waals surface area contributed by atoms with E-state index < -0.39 is 0 Å². The van der Waals surface area contributed by atoms with Crippen molar-refractivity contribution in [1.29, 1.82) is 0 Å². The molecule has 1 saturated heterocycles. The van der Waals surface area contributed by atoms with Crippen LogP contribution in [0.15, 0.2) is 24.4 Å². The number of amides is 3. The minimum absolute atomic E-state index is 0.144. The van der Waals surface area contributed by atoms with E-state index in [9.17, 15) is 14.4 Å². The zero-order valence-electron chi connectivity index (χ0n) is 20.8. The van der Waals surface area contributed by atoms with E-state index in [1.54, 1.807) is 45.5 Å². The summed E-state index contributed by atoms with van der Waals surface area (Å²) in [5.41, 5.74) is 1.72. The summed E-state index contributed by atoms with van der Waals surface area (Å²) in [5.74, 6) is 1.69. The first-order valence-electron chi connectivity index (χ1n) is 12.8. The molecule has 3 aliphatic carbocycles. The summed E-state index contributed by atoms with van der Waals surface area (Å²) in [4.78, 5) is 45.9. The standard InChI is InChI=1S/C26H35N5O4/c1-4-35-25(34)30-12-10-29(11-13-30)24(33)20-16-31-21(6-5-7-22(31)28-20)23(32)27-15-17-8-9-18-14-19(17)26(18,2)3/h5-7,16-19H,4,8-15H2,1-3H3,(H,27,32)/t17-,18-,19+/m0/s1. The summed E-state index contributed by atoms with van der Waals surface area (Å²) in [6, 6.07) is 5.36. The van der Waals surface area contributed by atoms with Crippen molar-refractivity contribution in [1.82, 2.24) is 24.5 Å². The third-order valence-electron chi connectivity index (χ3n) is 8.56. The van der Waals surface area contributed by atoms with E-state index in [2.05, 4.69) is 24.1 Å². The number of fused-ring (bicyclic) bond motifs is 3. The highest BCUT2D eigenvalue weighted by molar-refractivity contribution is 5.95. The van der Waals surface area contributed by atoms with Crippen LogP contribution in [0.3, 0.4) is 0 Å². The lowest BCUT2D eigenvalue weighted by atomic mass is 9.45. The lowest BCUT2D eigenvalue weighted by Crippen LogP contribution is -2.54. The van der Waals surface area contributed by atoms with Gasteiger partial charge in [0.15, 0.2) is 0 Å². The van der Waals surface area contributed by atoms with Crippen molar-refractivity contribution in [2.45, 2.75) is 40.0 Å². The maximum atomic E-state index is 13.1. The molecule has 0 aromatic carbocycles. The number of pyridine rings is 1. The molecule has 0 radical (unpaired) electrons. The average molecular weight is 482 g/mol. The molecule has 3 saturated carbocycles. The number of imidazole rings is 1. The van der Waals surface area contributed by atoms with E-state index in [1.807, 2.05) is 0 Å². The molecule has 2 bridgehead atoms. The van der Waals surface area contributed by atoms with Crippen LogP contribution in [0.2, 0.25) is 0 Å². The molecule has 1 N–H and O–H groups in total. The first kappa shape index (κ1) is 23.6. The van der Waals surface area contributed by atoms with Crippen molar-refractivity contribution in [2.24, 2.45) is 23.2 Å². The van der Waals surface area contributed by atoms with Gasteiger partial charge in [-0.2, -0.15) is 0 Å². The van der Waals surface area contributed by atoms with Gasteiger partial charge in [-0.25, -0.2) is 9.78 Å². The molecule has 4 aliphatic rings. The Hall–Kier alpha value is -3.10. The number of hydrogen-bond acceptors (Lipinski definition) is 5. The highest BCUT2D eigenvalue weighted by Crippen LogP contribution is 2.61. The molecule has 2 aromatic heterocycles. The van der Waals surface area contributed by atoms with Gasteiger partial charge >= 0.3 is 6.09 Å². The quantitative estimate of drug-likeness (QED) is 0.708. The van der Waals surface area contributed by atoms with Gasteiger partial charge in [-0.05, 0) is 61.5 Å². The zero-order chi connectivity index (χ0) is 24.7. The molecule has 9 heteroatoms. The molecule has 0 spiro atoms. The van der Waals surface area contributed by atoms with Crippen LogP contribution in [0, 0.1) is 23.2 Å². The van der Waals surface area contributed by atoms with Crippen molar-refractivity contribution in [3.8, 4) is 0 Å². The van der Waals surface area contributed by atoms with Gasteiger partial charge in [0.1, 0.15) is 17.0 Å². The molecule has 6 rings (SSSR count). The minimum atomic E-state index is -0.350. The van der Waals surface area contributed by atoms with Gasteiger partial charge in [-0.3, -0.25) is 14.0 Å². The summed E-state index contributed by atoms with van der Waals surface area (Å²) in [5, 5.41) is 3.15. The molecule has 4 fully saturated rings. The van der Waals surface area contributed by atoms with Gasteiger partial charge in [0.05, 0.1) is 6.61 Å². The van der Waals surface area contributed by atoms with Crippen molar-refractivity contribution in [3.63, 3.8) is 0 Å². The van der Waals surface area contributed by atoms with Gasteiger partial charge < -0.3 is 19.9 Å².